The quantitative estimate of drug-likeness (QED) is 0.384. The van der Waals surface area contributed by atoms with Crippen molar-refractivity contribution in [2.75, 3.05) is 36.4 Å². The number of carbonyl (C=O) groups is 2. The molecular weight excluding hydrogens is 503 g/mol. The topological polar surface area (TPSA) is 52.7 Å². The molecule has 204 valence electrons. The summed E-state index contributed by atoms with van der Waals surface area (Å²) in [6.45, 7) is 3.04. The fraction of sp³-hybridized carbons (Fsp3) is 0.355. The lowest BCUT2D eigenvalue weighted by atomic mass is 9.89. The second-order valence-electron chi connectivity index (χ2n) is 10.4. The molecule has 0 atom stereocenters. The molecule has 3 aromatic carbocycles. The maximum absolute atomic E-state index is 13.5. The van der Waals surface area contributed by atoms with Crippen molar-refractivity contribution in [3.8, 4) is 0 Å². The first-order valence-electron chi connectivity index (χ1n) is 13.5. The summed E-state index contributed by atoms with van der Waals surface area (Å²) in [6, 6.07) is 20.0. The van der Waals surface area contributed by atoms with Gasteiger partial charge >= 0.3 is 6.18 Å². The summed E-state index contributed by atoms with van der Waals surface area (Å²) in [5.41, 5.74) is 2.08. The number of hydrogen-bond acceptors (Lipinski definition) is 3. The Balaban J connectivity index is 1.34. The Hall–Kier alpha value is -3.81. The number of halogens is 3. The average molecular weight is 536 g/mol. The van der Waals surface area contributed by atoms with Crippen molar-refractivity contribution in [3.05, 3.63) is 95.1 Å². The van der Waals surface area contributed by atoms with Gasteiger partial charge in [-0.05, 0) is 80.0 Å². The Labute approximate surface area is 226 Å². The standard InChI is InChI=1S/C31H32F3N3O2/c32-31(33,34)25-10-6-9-24(20-25)29(38)35-26-11-12-28(27(21-26)30(39)37-15-4-5-16-37)36-17-13-23(14-18-36)19-22-7-2-1-3-8-22/h1-3,6-12,20-21,23H,4-5,13-19H2,(H,35,38). The van der Waals surface area contributed by atoms with Gasteiger partial charge in [-0.1, -0.05) is 36.4 Å². The lowest BCUT2D eigenvalue weighted by Crippen LogP contribution is -2.36. The van der Waals surface area contributed by atoms with Gasteiger partial charge in [-0.15, -0.1) is 0 Å². The van der Waals surface area contributed by atoms with Crippen molar-refractivity contribution in [3.63, 3.8) is 0 Å². The Kier molecular flexibility index (Phi) is 7.91. The minimum atomic E-state index is -4.54. The molecule has 39 heavy (non-hydrogen) atoms. The number of likely N-dealkylation sites (tertiary alicyclic amines) is 1. The zero-order valence-electron chi connectivity index (χ0n) is 21.7. The molecule has 2 aliphatic heterocycles. The Morgan fingerprint density at radius 2 is 1.56 bits per heavy atom. The SMILES string of the molecule is O=C(Nc1ccc(N2CCC(Cc3ccccc3)CC2)c(C(=O)N2CCCC2)c1)c1cccc(C(F)(F)F)c1. The molecule has 0 aliphatic carbocycles. The van der Waals surface area contributed by atoms with E-state index in [4.69, 9.17) is 0 Å². The fourth-order valence-corrected chi connectivity index (χ4v) is 5.52. The zero-order chi connectivity index (χ0) is 27.4. The highest BCUT2D eigenvalue weighted by Gasteiger charge is 2.31. The van der Waals surface area contributed by atoms with E-state index in [2.05, 4.69) is 34.5 Å². The van der Waals surface area contributed by atoms with Crippen LogP contribution in [0.5, 0.6) is 0 Å². The largest absolute Gasteiger partial charge is 0.416 e. The smallest absolute Gasteiger partial charge is 0.371 e. The van der Waals surface area contributed by atoms with E-state index >= 15 is 0 Å². The van der Waals surface area contributed by atoms with E-state index in [9.17, 15) is 22.8 Å². The molecule has 1 N–H and O–H groups in total. The Bertz CT molecular complexity index is 1310. The van der Waals surface area contributed by atoms with E-state index < -0.39 is 17.6 Å². The Morgan fingerprint density at radius 3 is 2.26 bits per heavy atom. The van der Waals surface area contributed by atoms with Gasteiger partial charge in [-0.25, -0.2) is 0 Å². The van der Waals surface area contributed by atoms with Crippen LogP contribution in [0, 0.1) is 5.92 Å². The van der Waals surface area contributed by atoms with Gasteiger partial charge in [-0.3, -0.25) is 9.59 Å². The predicted molar refractivity (Wildman–Crippen MR) is 146 cm³/mol. The lowest BCUT2D eigenvalue weighted by molar-refractivity contribution is -0.137. The maximum Gasteiger partial charge on any atom is 0.416 e. The van der Waals surface area contributed by atoms with Gasteiger partial charge in [0.05, 0.1) is 11.1 Å². The van der Waals surface area contributed by atoms with Crippen LogP contribution in [0.2, 0.25) is 0 Å². The third-order valence-electron chi connectivity index (χ3n) is 7.65. The number of nitrogens with one attached hydrogen (secondary N) is 1. The molecule has 2 fully saturated rings. The first kappa shape index (κ1) is 26.8. The lowest BCUT2D eigenvalue weighted by Gasteiger charge is -2.35. The van der Waals surface area contributed by atoms with Crippen molar-refractivity contribution < 1.29 is 22.8 Å². The van der Waals surface area contributed by atoms with Gasteiger partial charge in [0.25, 0.3) is 11.8 Å². The predicted octanol–water partition coefficient (Wildman–Crippen LogP) is 6.65. The van der Waals surface area contributed by atoms with Crippen LogP contribution in [0.4, 0.5) is 24.5 Å². The summed E-state index contributed by atoms with van der Waals surface area (Å²) in [7, 11) is 0. The molecule has 2 saturated heterocycles. The normalized spacial score (nSPS) is 16.4. The minimum Gasteiger partial charge on any atom is -0.371 e. The average Bonchev–Trinajstić information content (AvgIpc) is 3.49. The molecule has 2 heterocycles. The number of alkyl halides is 3. The van der Waals surface area contributed by atoms with Crippen LogP contribution in [-0.4, -0.2) is 42.9 Å². The number of piperidine rings is 1. The summed E-state index contributed by atoms with van der Waals surface area (Å²) < 4.78 is 39.4. The van der Waals surface area contributed by atoms with Crippen LogP contribution >= 0.6 is 0 Å². The molecular formula is C31H32F3N3O2. The molecule has 5 rings (SSSR count). The molecule has 0 radical (unpaired) electrons. The van der Waals surface area contributed by atoms with Gasteiger partial charge in [0, 0.05) is 43.1 Å². The molecule has 0 aromatic heterocycles. The van der Waals surface area contributed by atoms with Crippen LogP contribution in [-0.2, 0) is 12.6 Å². The molecule has 2 amide bonds. The number of benzene rings is 3. The van der Waals surface area contributed by atoms with Crippen LogP contribution in [0.3, 0.4) is 0 Å². The molecule has 0 bridgehead atoms. The number of carbonyl (C=O) groups excluding carboxylic acids is 2. The highest BCUT2D eigenvalue weighted by molar-refractivity contribution is 6.06. The van der Waals surface area contributed by atoms with Gasteiger partial charge in [0.2, 0.25) is 0 Å². The number of nitrogens with zero attached hydrogens (tertiary/aromatic N) is 2. The summed E-state index contributed by atoms with van der Waals surface area (Å²) in [5, 5.41) is 2.69. The van der Waals surface area contributed by atoms with Crippen molar-refractivity contribution in [1.29, 1.82) is 0 Å². The van der Waals surface area contributed by atoms with Crippen molar-refractivity contribution in [2.45, 2.75) is 38.3 Å². The van der Waals surface area contributed by atoms with Gasteiger partial charge in [-0.2, -0.15) is 13.2 Å². The van der Waals surface area contributed by atoms with Crippen molar-refractivity contribution in [2.24, 2.45) is 5.92 Å². The summed E-state index contributed by atoms with van der Waals surface area (Å²) >= 11 is 0. The third-order valence-corrected chi connectivity index (χ3v) is 7.65. The van der Waals surface area contributed by atoms with Gasteiger partial charge in [0.15, 0.2) is 0 Å². The monoisotopic (exact) mass is 535 g/mol. The van der Waals surface area contributed by atoms with E-state index in [1.54, 1.807) is 12.1 Å². The van der Waals surface area contributed by atoms with Crippen LogP contribution < -0.4 is 10.2 Å². The number of hydrogen-bond donors (Lipinski definition) is 1. The minimum absolute atomic E-state index is 0.0796. The molecule has 2 aliphatic rings. The molecule has 3 aromatic rings. The highest BCUT2D eigenvalue weighted by atomic mass is 19.4. The van der Waals surface area contributed by atoms with Crippen molar-refractivity contribution in [1.82, 2.24) is 4.90 Å². The first-order chi connectivity index (χ1) is 18.8. The number of anilines is 2. The number of amides is 2. The van der Waals surface area contributed by atoms with E-state index in [0.29, 0.717) is 30.3 Å². The van der Waals surface area contributed by atoms with E-state index in [1.165, 1.54) is 17.7 Å². The van der Waals surface area contributed by atoms with E-state index in [0.717, 1.165) is 63.0 Å². The van der Waals surface area contributed by atoms with E-state index in [1.807, 2.05) is 17.0 Å². The third kappa shape index (κ3) is 6.44. The number of rotatable bonds is 6. The summed E-state index contributed by atoms with van der Waals surface area (Å²) in [5.74, 6) is -0.161. The Morgan fingerprint density at radius 1 is 0.846 bits per heavy atom. The van der Waals surface area contributed by atoms with E-state index in [-0.39, 0.29) is 11.5 Å². The molecule has 5 nitrogen and oxygen atoms in total. The first-order valence-corrected chi connectivity index (χ1v) is 13.5. The van der Waals surface area contributed by atoms with Gasteiger partial charge in [0.1, 0.15) is 0 Å². The van der Waals surface area contributed by atoms with Crippen LogP contribution in [0.15, 0.2) is 72.8 Å². The fourth-order valence-electron chi connectivity index (χ4n) is 5.52. The summed E-state index contributed by atoms with van der Waals surface area (Å²) in [4.78, 5) is 30.4. The second-order valence-corrected chi connectivity index (χ2v) is 10.4. The van der Waals surface area contributed by atoms with Gasteiger partial charge < -0.3 is 15.1 Å². The summed E-state index contributed by atoms with van der Waals surface area (Å²) in [6.07, 6.45) is 0.437. The molecule has 0 unspecified atom stereocenters. The highest BCUT2D eigenvalue weighted by Crippen LogP contribution is 2.32. The second kappa shape index (κ2) is 11.5. The maximum atomic E-state index is 13.5. The molecule has 8 heteroatoms. The van der Waals surface area contributed by atoms with Crippen molar-refractivity contribution >= 4 is 23.2 Å². The van der Waals surface area contributed by atoms with Crippen LogP contribution in [0.25, 0.3) is 0 Å². The zero-order valence-corrected chi connectivity index (χ0v) is 21.7. The van der Waals surface area contributed by atoms with Crippen LogP contribution in [0.1, 0.15) is 57.5 Å². The molecule has 0 saturated carbocycles. The molecule has 0 spiro atoms.